The van der Waals surface area contributed by atoms with Crippen LogP contribution in [0.1, 0.15) is 22.3 Å². The van der Waals surface area contributed by atoms with Crippen molar-refractivity contribution in [2.24, 2.45) is 0 Å². The molecule has 0 saturated carbocycles. The lowest BCUT2D eigenvalue weighted by Gasteiger charge is -2.34. The summed E-state index contributed by atoms with van der Waals surface area (Å²) in [6.45, 7) is 0.0967. The van der Waals surface area contributed by atoms with Crippen LogP contribution in [0.3, 0.4) is 0 Å². The number of β-amino-alcohol motifs (C(OH)–C–C–N with tert-alkyl or cyclic N) is 1. The van der Waals surface area contributed by atoms with E-state index in [1.54, 1.807) is 0 Å². The van der Waals surface area contributed by atoms with E-state index in [1.807, 2.05) is 0 Å². The molecular formula is C18H21F2N5O5S. The van der Waals surface area contributed by atoms with Crippen molar-refractivity contribution in [1.82, 2.24) is 14.3 Å². The Balaban J connectivity index is 1.80. The number of rotatable bonds is 6. The second-order valence-corrected chi connectivity index (χ2v) is 8.97. The predicted molar refractivity (Wildman–Crippen MR) is 107 cm³/mol. The second-order valence-electron chi connectivity index (χ2n) is 6.99. The van der Waals surface area contributed by atoms with Gasteiger partial charge in [0.1, 0.15) is 17.1 Å². The number of methoxy groups -OCH3 is 1. The maximum Gasteiger partial charge on any atom is 0.224 e. The van der Waals surface area contributed by atoms with E-state index in [2.05, 4.69) is 15.3 Å². The van der Waals surface area contributed by atoms with Crippen LogP contribution in [0, 0.1) is 11.6 Å². The molecule has 1 saturated heterocycles. The quantitative estimate of drug-likeness (QED) is 0.524. The molecule has 31 heavy (non-hydrogen) atoms. The summed E-state index contributed by atoms with van der Waals surface area (Å²) in [5.74, 6) is -4.05. The molecule has 3 rings (SSSR count). The van der Waals surface area contributed by atoms with Crippen molar-refractivity contribution in [2.45, 2.75) is 18.6 Å². The topological polar surface area (TPSA) is 148 Å². The number of nitrogens with one attached hydrogen (secondary N) is 1. The molecule has 2 atom stereocenters. The zero-order valence-electron chi connectivity index (χ0n) is 16.7. The number of aliphatic hydroxyl groups is 1. The third-order valence-corrected chi connectivity index (χ3v) is 6.16. The second kappa shape index (κ2) is 8.69. The van der Waals surface area contributed by atoms with Crippen molar-refractivity contribution in [3.63, 3.8) is 0 Å². The average molecular weight is 457 g/mol. The lowest BCUT2D eigenvalue weighted by atomic mass is 10.0. The number of halogens is 2. The Labute approximate surface area is 177 Å². The van der Waals surface area contributed by atoms with Crippen molar-refractivity contribution >= 4 is 27.6 Å². The van der Waals surface area contributed by atoms with E-state index in [9.17, 15) is 27.1 Å². The molecule has 0 radical (unpaired) electrons. The smallest absolute Gasteiger partial charge is 0.224 e. The molecule has 168 valence electrons. The Morgan fingerprint density at radius 1 is 1.39 bits per heavy atom. The molecule has 0 aliphatic carbocycles. The summed E-state index contributed by atoms with van der Waals surface area (Å²) in [5, 5.41) is 13.1. The van der Waals surface area contributed by atoms with Crippen LogP contribution in [0.4, 0.5) is 20.5 Å². The first-order valence-corrected chi connectivity index (χ1v) is 11.0. The van der Waals surface area contributed by atoms with Crippen molar-refractivity contribution in [3.05, 3.63) is 41.1 Å². The Morgan fingerprint density at radius 2 is 2.10 bits per heavy atom. The summed E-state index contributed by atoms with van der Waals surface area (Å²) in [6.07, 6.45) is 1.36. The highest BCUT2D eigenvalue weighted by molar-refractivity contribution is 7.88. The van der Waals surface area contributed by atoms with E-state index in [-0.39, 0.29) is 42.6 Å². The summed E-state index contributed by atoms with van der Waals surface area (Å²) in [4.78, 5) is 20.7. The first-order valence-electron chi connectivity index (χ1n) is 9.11. The number of nitrogens with zero attached hydrogens (tertiary/aromatic N) is 3. The van der Waals surface area contributed by atoms with Gasteiger partial charge in [-0.2, -0.15) is 9.29 Å². The molecule has 1 aliphatic heterocycles. The van der Waals surface area contributed by atoms with Gasteiger partial charge in [-0.15, -0.1) is 0 Å². The molecule has 4 N–H and O–H groups in total. The van der Waals surface area contributed by atoms with Crippen LogP contribution in [-0.4, -0.2) is 72.2 Å². The number of carbonyl (C=O) groups is 1. The predicted octanol–water partition coefficient (Wildman–Crippen LogP) is 0.383. The molecule has 0 amide bonds. The molecular weight excluding hydrogens is 436 g/mol. The highest BCUT2D eigenvalue weighted by Gasteiger charge is 2.32. The Bertz CT molecular complexity index is 1110. The third kappa shape index (κ3) is 4.73. The molecule has 1 aliphatic rings. The number of aliphatic hydroxyl groups excluding tert-OH is 1. The van der Waals surface area contributed by atoms with Gasteiger partial charge in [0, 0.05) is 19.3 Å². The molecule has 0 bridgehead atoms. The number of nitrogens with two attached hydrogens (primary N) is 1. The van der Waals surface area contributed by atoms with Gasteiger partial charge in [-0.3, -0.25) is 4.79 Å². The van der Waals surface area contributed by atoms with Crippen molar-refractivity contribution in [3.8, 4) is 5.75 Å². The summed E-state index contributed by atoms with van der Waals surface area (Å²) in [6, 6.07) is 1.39. The summed E-state index contributed by atoms with van der Waals surface area (Å²) < 4.78 is 57.2. The number of hydrogen-bond acceptors (Lipinski definition) is 9. The fourth-order valence-corrected chi connectivity index (χ4v) is 4.09. The normalized spacial score (nSPS) is 19.8. The van der Waals surface area contributed by atoms with E-state index in [1.165, 1.54) is 7.11 Å². The van der Waals surface area contributed by atoms with Gasteiger partial charge in [0.25, 0.3) is 0 Å². The zero-order chi connectivity index (χ0) is 22.9. The highest BCUT2D eigenvalue weighted by Crippen LogP contribution is 2.28. The average Bonchev–Trinajstić information content (AvgIpc) is 2.70. The number of anilines is 2. The van der Waals surface area contributed by atoms with Crippen LogP contribution in [0.15, 0.2) is 18.3 Å². The number of hydrogen-bond donors (Lipinski definition) is 3. The van der Waals surface area contributed by atoms with Crippen LogP contribution >= 0.6 is 0 Å². The number of nitrogen functional groups attached to an aromatic ring is 1. The van der Waals surface area contributed by atoms with Crippen LogP contribution in [-0.2, 0) is 10.0 Å². The standard InChI is InChI=1S/C18H21F2N5O5S/c1-30-13-4-3-10(19)15(20)14(13)16(27)9-7-22-18(24-17(9)21)23-11-5-6-25(8-12(11)26)31(2,28)29/h3-4,7,11-12,26H,5-6,8H2,1-2H3,(H3,21,22,23,24). The summed E-state index contributed by atoms with van der Waals surface area (Å²) >= 11 is 0. The van der Waals surface area contributed by atoms with Gasteiger partial charge in [-0.25, -0.2) is 22.2 Å². The number of aromatic nitrogens is 2. The molecule has 2 unspecified atom stereocenters. The van der Waals surface area contributed by atoms with E-state index < -0.39 is 45.2 Å². The van der Waals surface area contributed by atoms with Gasteiger partial charge in [-0.1, -0.05) is 0 Å². The Kier molecular flexibility index (Phi) is 6.38. The Hall–Kier alpha value is -2.90. The van der Waals surface area contributed by atoms with Crippen LogP contribution in [0.25, 0.3) is 0 Å². The van der Waals surface area contributed by atoms with Crippen molar-refractivity contribution in [2.75, 3.05) is 37.5 Å². The van der Waals surface area contributed by atoms with Gasteiger partial charge < -0.3 is 20.9 Å². The van der Waals surface area contributed by atoms with Crippen LogP contribution in [0.5, 0.6) is 5.75 Å². The summed E-state index contributed by atoms with van der Waals surface area (Å²) in [5.41, 5.74) is 4.94. The van der Waals surface area contributed by atoms with Crippen molar-refractivity contribution < 1.29 is 31.8 Å². The molecule has 0 spiro atoms. The fraction of sp³-hybridized carbons (Fsp3) is 0.389. The molecule has 1 aromatic heterocycles. The van der Waals surface area contributed by atoms with E-state index >= 15 is 0 Å². The van der Waals surface area contributed by atoms with Crippen molar-refractivity contribution in [1.29, 1.82) is 0 Å². The molecule has 2 heterocycles. The van der Waals surface area contributed by atoms with Gasteiger partial charge in [-0.05, 0) is 18.6 Å². The number of ketones is 1. The van der Waals surface area contributed by atoms with E-state index in [4.69, 9.17) is 10.5 Å². The summed E-state index contributed by atoms with van der Waals surface area (Å²) in [7, 11) is -2.22. The maximum absolute atomic E-state index is 14.2. The minimum atomic E-state index is -3.43. The third-order valence-electron chi connectivity index (χ3n) is 4.89. The number of piperidine rings is 1. The molecule has 10 nitrogen and oxygen atoms in total. The minimum Gasteiger partial charge on any atom is -0.496 e. The van der Waals surface area contributed by atoms with Crippen LogP contribution in [0.2, 0.25) is 0 Å². The number of benzene rings is 1. The first kappa shape index (κ1) is 22.8. The zero-order valence-corrected chi connectivity index (χ0v) is 17.5. The Morgan fingerprint density at radius 3 is 2.68 bits per heavy atom. The molecule has 1 aromatic carbocycles. The number of carbonyl (C=O) groups excluding carboxylic acids is 1. The first-order chi connectivity index (χ1) is 14.5. The number of sulfonamides is 1. The van der Waals surface area contributed by atoms with Gasteiger partial charge in [0.05, 0.1) is 31.1 Å². The molecule has 13 heteroatoms. The lowest BCUT2D eigenvalue weighted by Crippen LogP contribution is -2.51. The van der Waals surface area contributed by atoms with E-state index in [0.717, 1.165) is 28.9 Å². The fourth-order valence-electron chi connectivity index (χ4n) is 3.23. The lowest BCUT2D eigenvalue weighted by molar-refractivity contribution is 0.0950. The monoisotopic (exact) mass is 457 g/mol. The molecule has 2 aromatic rings. The SMILES string of the molecule is COc1ccc(F)c(F)c1C(=O)c1cnc(NC2CCN(S(C)(=O)=O)CC2O)nc1N. The number of ether oxygens (including phenoxy) is 1. The minimum absolute atomic E-state index is 0.0161. The van der Waals surface area contributed by atoms with Gasteiger partial charge in [0.15, 0.2) is 11.6 Å². The van der Waals surface area contributed by atoms with Crippen LogP contribution < -0.4 is 15.8 Å². The highest BCUT2D eigenvalue weighted by atomic mass is 32.2. The maximum atomic E-state index is 14.2. The van der Waals surface area contributed by atoms with E-state index in [0.29, 0.717) is 0 Å². The largest absolute Gasteiger partial charge is 0.496 e. The van der Waals surface area contributed by atoms with Gasteiger partial charge in [0.2, 0.25) is 21.8 Å². The molecule has 1 fully saturated rings. The van der Waals surface area contributed by atoms with Gasteiger partial charge >= 0.3 is 0 Å².